The molecule has 7 heteroatoms. The van der Waals surface area contributed by atoms with Crippen LogP contribution in [0.3, 0.4) is 0 Å². The number of furan rings is 1. The summed E-state index contributed by atoms with van der Waals surface area (Å²) in [6, 6.07) is 9.61. The molecule has 2 atom stereocenters. The van der Waals surface area contributed by atoms with Crippen LogP contribution < -0.4 is 15.2 Å². The van der Waals surface area contributed by atoms with Gasteiger partial charge in [0.25, 0.3) is 0 Å². The second-order valence-corrected chi connectivity index (χ2v) is 5.98. The van der Waals surface area contributed by atoms with E-state index in [1.807, 2.05) is 12.1 Å². The Morgan fingerprint density at radius 1 is 1.27 bits per heavy atom. The molecule has 0 bridgehead atoms. The number of quaternary nitrogens is 1. The number of rotatable bonds is 4. The summed E-state index contributed by atoms with van der Waals surface area (Å²) < 4.78 is 10.1. The van der Waals surface area contributed by atoms with Gasteiger partial charge in [0.15, 0.2) is 5.37 Å². The van der Waals surface area contributed by atoms with Gasteiger partial charge in [0.2, 0.25) is 5.76 Å². The maximum atomic E-state index is 11.7. The van der Waals surface area contributed by atoms with Crippen LogP contribution >= 0.6 is 11.8 Å². The van der Waals surface area contributed by atoms with Crippen molar-refractivity contribution in [2.75, 3.05) is 5.75 Å². The standard InChI is InChI=1S/C15H13NO5S/c17-14(18)11-8-22-13(16-11)9-3-5-10(6-4-9)21-15(19)12-2-1-7-20-12/h1-7,11,13,16H,8H2,(H,17,18)/t11-,13+/m0/s1. The highest BCUT2D eigenvalue weighted by molar-refractivity contribution is 7.99. The Bertz CT molecular complexity index is 668. The summed E-state index contributed by atoms with van der Waals surface area (Å²) in [7, 11) is 0. The molecule has 22 heavy (non-hydrogen) atoms. The Hall–Kier alpha value is -2.25. The molecule has 2 N–H and O–H groups in total. The summed E-state index contributed by atoms with van der Waals surface area (Å²) >= 11 is 1.55. The zero-order chi connectivity index (χ0) is 15.5. The van der Waals surface area contributed by atoms with E-state index in [1.54, 1.807) is 35.3 Å². The van der Waals surface area contributed by atoms with Gasteiger partial charge in [-0.25, -0.2) is 4.79 Å². The first kappa shape index (κ1) is 14.7. The van der Waals surface area contributed by atoms with Gasteiger partial charge in [-0.1, -0.05) is 11.8 Å². The van der Waals surface area contributed by atoms with Crippen LogP contribution in [0.5, 0.6) is 5.75 Å². The number of hydrogen-bond donors (Lipinski definition) is 1. The Morgan fingerprint density at radius 2 is 2.05 bits per heavy atom. The van der Waals surface area contributed by atoms with Crippen LogP contribution in [0.15, 0.2) is 47.1 Å². The lowest BCUT2D eigenvalue weighted by Gasteiger charge is -2.11. The smallest absolute Gasteiger partial charge is 0.379 e. The lowest BCUT2D eigenvalue weighted by Crippen LogP contribution is -2.90. The second kappa shape index (κ2) is 6.25. The predicted molar refractivity (Wildman–Crippen MR) is 76.0 cm³/mol. The van der Waals surface area contributed by atoms with Gasteiger partial charge in [-0.2, -0.15) is 0 Å². The third-order valence-corrected chi connectivity index (χ3v) is 4.65. The highest BCUT2D eigenvalue weighted by Crippen LogP contribution is 2.28. The molecular weight excluding hydrogens is 306 g/mol. The molecule has 0 amide bonds. The number of ether oxygens (including phenoxy) is 1. The molecule has 2 aromatic rings. The molecular formula is C15H13NO5S. The van der Waals surface area contributed by atoms with E-state index in [1.165, 1.54) is 12.3 Å². The zero-order valence-corrected chi connectivity index (χ0v) is 12.2. The van der Waals surface area contributed by atoms with Gasteiger partial charge in [0.1, 0.15) is 17.8 Å². The molecule has 3 rings (SSSR count). The van der Waals surface area contributed by atoms with E-state index in [4.69, 9.17) is 9.15 Å². The Labute approximate surface area is 130 Å². The molecule has 0 unspecified atom stereocenters. The van der Waals surface area contributed by atoms with Crippen LogP contribution in [0.2, 0.25) is 0 Å². The molecule has 1 fully saturated rings. The molecule has 1 saturated heterocycles. The molecule has 0 aliphatic carbocycles. The van der Waals surface area contributed by atoms with Crippen LogP contribution in [0.4, 0.5) is 0 Å². The molecule has 114 valence electrons. The molecule has 1 aliphatic rings. The third kappa shape index (κ3) is 3.15. The highest BCUT2D eigenvalue weighted by Gasteiger charge is 2.30. The number of carbonyl (C=O) groups excluding carboxylic acids is 2. The molecule has 1 aliphatic heterocycles. The zero-order valence-electron chi connectivity index (χ0n) is 11.4. The maximum absolute atomic E-state index is 11.7. The Kier molecular flexibility index (Phi) is 4.17. The Morgan fingerprint density at radius 3 is 2.64 bits per heavy atom. The van der Waals surface area contributed by atoms with Crippen molar-refractivity contribution in [3.63, 3.8) is 0 Å². The van der Waals surface area contributed by atoms with Crippen molar-refractivity contribution < 1.29 is 29.2 Å². The number of carboxylic acid groups (broad SMARTS) is 1. The number of carbonyl (C=O) groups is 2. The lowest BCUT2D eigenvalue weighted by atomic mass is 10.2. The molecule has 0 spiro atoms. The molecule has 0 radical (unpaired) electrons. The van der Waals surface area contributed by atoms with Gasteiger partial charge in [-0.15, -0.1) is 0 Å². The number of esters is 1. The molecule has 1 aromatic heterocycles. The first-order valence-corrected chi connectivity index (χ1v) is 7.71. The van der Waals surface area contributed by atoms with Crippen LogP contribution in [-0.2, 0) is 4.79 Å². The molecule has 1 aromatic carbocycles. The van der Waals surface area contributed by atoms with Crippen molar-refractivity contribution in [2.24, 2.45) is 0 Å². The second-order valence-electron chi connectivity index (χ2n) is 4.81. The SMILES string of the molecule is O=C(Oc1ccc([C@@H]2[NH2+][C@H](C(=O)[O-])CS2)cc1)c1ccco1. The third-order valence-electron chi connectivity index (χ3n) is 3.31. The normalized spacial score (nSPS) is 20.7. The summed E-state index contributed by atoms with van der Waals surface area (Å²) in [5.74, 6) is -0.539. The summed E-state index contributed by atoms with van der Waals surface area (Å²) in [5.41, 5.74) is 0.964. The van der Waals surface area contributed by atoms with E-state index in [0.29, 0.717) is 11.5 Å². The minimum Gasteiger partial charge on any atom is -0.544 e. The van der Waals surface area contributed by atoms with Crippen molar-refractivity contribution in [3.05, 3.63) is 54.0 Å². The van der Waals surface area contributed by atoms with Crippen molar-refractivity contribution in [3.8, 4) is 5.75 Å². The largest absolute Gasteiger partial charge is 0.544 e. The van der Waals surface area contributed by atoms with Crippen molar-refractivity contribution >= 4 is 23.7 Å². The van der Waals surface area contributed by atoms with Crippen LogP contribution in [0.25, 0.3) is 0 Å². The van der Waals surface area contributed by atoms with E-state index >= 15 is 0 Å². The first-order chi connectivity index (χ1) is 10.6. The monoisotopic (exact) mass is 319 g/mol. The fraction of sp³-hybridized carbons (Fsp3) is 0.200. The molecule has 0 saturated carbocycles. The van der Waals surface area contributed by atoms with Gasteiger partial charge in [-0.3, -0.25) is 0 Å². The summed E-state index contributed by atoms with van der Waals surface area (Å²) in [6.45, 7) is 0. The van der Waals surface area contributed by atoms with Gasteiger partial charge in [-0.05, 0) is 36.4 Å². The number of aliphatic carboxylic acids is 1. The van der Waals surface area contributed by atoms with Crippen LogP contribution in [-0.4, -0.2) is 23.7 Å². The molecule has 6 nitrogen and oxygen atoms in total. The van der Waals surface area contributed by atoms with Crippen LogP contribution in [0.1, 0.15) is 21.5 Å². The summed E-state index contributed by atoms with van der Waals surface area (Å²) in [5, 5.41) is 12.6. The summed E-state index contributed by atoms with van der Waals surface area (Å²) in [6.07, 6.45) is 1.40. The lowest BCUT2D eigenvalue weighted by molar-refractivity contribution is -0.690. The molecule has 2 heterocycles. The number of hydrogen-bond acceptors (Lipinski definition) is 6. The van der Waals surface area contributed by atoms with Gasteiger partial charge in [0, 0.05) is 5.56 Å². The van der Waals surface area contributed by atoms with Gasteiger partial charge >= 0.3 is 5.97 Å². The van der Waals surface area contributed by atoms with Gasteiger partial charge < -0.3 is 24.4 Å². The number of carboxylic acids is 1. The van der Waals surface area contributed by atoms with Gasteiger partial charge in [0.05, 0.1) is 12.0 Å². The quantitative estimate of drug-likeness (QED) is 0.626. The fourth-order valence-electron chi connectivity index (χ4n) is 2.16. The first-order valence-electron chi connectivity index (χ1n) is 6.66. The van der Waals surface area contributed by atoms with E-state index in [-0.39, 0.29) is 11.1 Å². The summed E-state index contributed by atoms with van der Waals surface area (Å²) in [4.78, 5) is 22.6. The van der Waals surface area contributed by atoms with Crippen molar-refractivity contribution in [1.29, 1.82) is 0 Å². The predicted octanol–water partition coefficient (Wildman–Crippen LogP) is -0.0739. The van der Waals surface area contributed by atoms with Crippen LogP contribution in [0, 0.1) is 0 Å². The average molecular weight is 319 g/mol. The van der Waals surface area contributed by atoms with Crippen molar-refractivity contribution in [1.82, 2.24) is 0 Å². The maximum Gasteiger partial charge on any atom is 0.379 e. The topological polar surface area (TPSA) is 96.2 Å². The highest BCUT2D eigenvalue weighted by atomic mass is 32.2. The number of thioether (sulfide) groups is 1. The van der Waals surface area contributed by atoms with E-state index in [0.717, 1.165) is 5.56 Å². The van der Waals surface area contributed by atoms with E-state index in [9.17, 15) is 14.7 Å². The minimum atomic E-state index is -1.04. The fourth-order valence-corrected chi connectivity index (χ4v) is 3.47. The number of nitrogens with two attached hydrogens (primary N) is 1. The Balaban J connectivity index is 1.63. The average Bonchev–Trinajstić information content (AvgIpc) is 3.20. The van der Waals surface area contributed by atoms with E-state index < -0.39 is 18.0 Å². The van der Waals surface area contributed by atoms with Crippen molar-refractivity contribution in [2.45, 2.75) is 11.4 Å². The number of benzene rings is 1. The minimum absolute atomic E-state index is 0.0118. The van der Waals surface area contributed by atoms with E-state index in [2.05, 4.69) is 0 Å².